The van der Waals surface area contributed by atoms with Crippen molar-refractivity contribution < 1.29 is 4.79 Å². The van der Waals surface area contributed by atoms with Crippen LogP contribution in [-0.2, 0) is 0 Å². The standard InChI is InChI=1S/C17H22N2O/c1-12-5-6-15(4-3-9-18)16(10-12)17(20)19-11-13(2)14-7-8-14/h5-6,10,13-14H,7-9,11,18H2,1-2H3,(H,19,20). The molecule has 1 atom stereocenters. The monoisotopic (exact) mass is 270 g/mol. The van der Waals surface area contributed by atoms with Crippen molar-refractivity contribution >= 4 is 5.91 Å². The van der Waals surface area contributed by atoms with Gasteiger partial charge in [0, 0.05) is 12.1 Å². The van der Waals surface area contributed by atoms with E-state index in [1.807, 2.05) is 25.1 Å². The zero-order valence-electron chi connectivity index (χ0n) is 12.2. The number of hydrogen-bond acceptors (Lipinski definition) is 2. The Balaban J connectivity index is 2.08. The molecule has 0 bridgehead atoms. The molecular formula is C17H22N2O. The molecule has 1 aromatic rings. The van der Waals surface area contributed by atoms with Crippen LogP contribution in [0.15, 0.2) is 18.2 Å². The molecule has 0 aliphatic heterocycles. The van der Waals surface area contributed by atoms with Crippen molar-refractivity contribution in [2.24, 2.45) is 17.6 Å². The molecule has 0 radical (unpaired) electrons. The van der Waals surface area contributed by atoms with Gasteiger partial charge in [-0.05, 0) is 43.7 Å². The van der Waals surface area contributed by atoms with E-state index in [0.29, 0.717) is 18.0 Å². The predicted octanol–water partition coefficient (Wildman–Crippen LogP) is 2.08. The summed E-state index contributed by atoms with van der Waals surface area (Å²) in [4.78, 5) is 12.3. The molecule has 2 rings (SSSR count). The first-order chi connectivity index (χ1) is 9.61. The predicted molar refractivity (Wildman–Crippen MR) is 81.3 cm³/mol. The minimum atomic E-state index is -0.0393. The van der Waals surface area contributed by atoms with Crippen LogP contribution < -0.4 is 11.1 Å². The average Bonchev–Trinajstić information content (AvgIpc) is 3.27. The number of aryl methyl sites for hydroxylation is 1. The van der Waals surface area contributed by atoms with Crippen molar-refractivity contribution in [3.05, 3.63) is 34.9 Å². The molecule has 106 valence electrons. The van der Waals surface area contributed by atoms with E-state index in [-0.39, 0.29) is 5.91 Å². The zero-order chi connectivity index (χ0) is 14.5. The van der Waals surface area contributed by atoms with Crippen LogP contribution in [0, 0.1) is 30.6 Å². The van der Waals surface area contributed by atoms with Crippen molar-refractivity contribution in [1.82, 2.24) is 5.32 Å². The number of nitrogens with two attached hydrogens (primary N) is 1. The number of carbonyl (C=O) groups is 1. The summed E-state index contributed by atoms with van der Waals surface area (Å²) >= 11 is 0. The number of nitrogens with one attached hydrogen (secondary N) is 1. The number of carbonyl (C=O) groups excluding carboxylic acids is 1. The molecule has 1 aliphatic carbocycles. The van der Waals surface area contributed by atoms with Gasteiger partial charge in [-0.25, -0.2) is 0 Å². The van der Waals surface area contributed by atoms with Gasteiger partial charge in [0.25, 0.3) is 5.91 Å². The van der Waals surface area contributed by atoms with Crippen LogP contribution in [0.2, 0.25) is 0 Å². The maximum absolute atomic E-state index is 12.3. The summed E-state index contributed by atoms with van der Waals surface area (Å²) in [6, 6.07) is 5.74. The second-order valence-corrected chi connectivity index (χ2v) is 5.58. The van der Waals surface area contributed by atoms with Crippen LogP contribution in [0.3, 0.4) is 0 Å². The molecule has 3 N–H and O–H groups in total. The van der Waals surface area contributed by atoms with Gasteiger partial charge in [0.1, 0.15) is 0 Å². The Labute approximate surface area is 120 Å². The van der Waals surface area contributed by atoms with Crippen LogP contribution in [0.4, 0.5) is 0 Å². The summed E-state index contributed by atoms with van der Waals surface area (Å²) in [7, 11) is 0. The molecule has 1 amide bonds. The van der Waals surface area contributed by atoms with Crippen molar-refractivity contribution in [3.63, 3.8) is 0 Å². The fourth-order valence-electron chi connectivity index (χ4n) is 2.28. The lowest BCUT2D eigenvalue weighted by molar-refractivity contribution is 0.0946. The number of rotatable bonds is 4. The Morgan fingerprint density at radius 1 is 1.50 bits per heavy atom. The third-order valence-corrected chi connectivity index (χ3v) is 3.76. The zero-order valence-corrected chi connectivity index (χ0v) is 12.2. The third kappa shape index (κ3) is 3.85. The minimum Gasteiger partial charge on any atom is -0.352 e. The van der Waals surface area contributed by atoms with Gasteiger partial charge in [-0.15, -0.1) is 0 Å². The van der Waals surface area contributed by atoms with Gasteiger partial charge in [-0.2, -0.15) is 0 Å². The Morgan fingerprint density at radius 3 is 2.90 bits per heavy atom. The highest BCUT2D eigenvalue weighted by Crippen LogP contribution is 2.36. The topological polar surface area (TPSA) is 55.1 Å². The lowest BCUT2D eigenvalue weighted by Crippen LogP contribution is -2.29. The van der Waals surface area contributed by atoms with Gasteiger partial charge in [0.05, 0.1) is 12.1 Å². The summed E-state index contributed by atoms with van der Waals surface area (Å²) in [5, 5.41) is 3.03. The summed E-state index contributed by atoms with van der Waals surface area (Å²) in [5.74, 6) is 7.09. The van der Waals surface area contributed by atoms with E-state index in [9.17, 15) is 4.79 Å². The minimum absolute atomic E-state index is 0.0393. The van der Waals surface area contributed by atoms with Crippen LogP contribution in [-0.4, -0.2) is 19.0 Å². The first kappa shape index (κ1) is 14.6. The average molecular weight is 270 g/mol. The summed E-state index contributed by atoms with van der Waals surface area (Å²) in [6.45, 7) is 5.21. The van der Waals surface area contributed by atoms with Crippen molar-refractivity contribution in [3.8, 4) is 11.8 Å². The van der Waals surface area contributed by atoms with Crippen molar-refractivity contribution in [2.75, 3.05) is 13.1 Å². The Hall–Kier alpha value is -1.79. The normalized spacial score (nSPS) is 15.2. The van der Waals surface area contributed by atoms with E-state index >= 15 is 0 Å². The lowest BCUT2D eigenvalue weighted by Gasteiger charge is -2.12. The fraction of sp³-hybridized carbons (Fsp3) is 0.471. The molecule has 0 aromatic heterocycles. The van der Waals surface area contributed by atoms with Gasteiger partial charge < -0.3 is 11.1 Å². The van der Waals surface area contributed by atoms with Crippen LogP contribution in [0.25, 0.3) is 0 Å². The molecule has 3 nitrogen and oxygen atoms in total. The van der Waals surface area contributed by atoms with E-state index in [2.05, 4.69) is 24.1 Å². The number of benzene rings is 1. The maximum atomic E-state index is 12.3. The van der Waals surface area contributed by atoms with E-state index in [1.54, 1.807) is 0 Å². The van der Waals surface area contributed by atoms with Crippen molar-refractivity contribution in [1.29, 1.82) is 0 Å². The smallest absolute Gasteiger partial charge is 0.252 e. The second-order valence-electron chi connectivity index (χ2n) is 5.58. The molecule has 0 spiro atoms. The molecule has 3 heteroatoms. The molecule has 1 aliphatic rings. The second kappa shape index (κ2) is 6.58. The first-order valence-corrected chi connectivity index (χ1v) is 7.19. The molecule has 0 heterocycles. The fourth-order valence-corrected chi connectivity index (χ4v) is 2.28. The van der Waals surface area contributed by atoms with Gasteiger partial charge in [0.2, 0.25) is 0 Å². The van der Waals surface area contributed by atoms with E-state index in [4.69, 9.17) is 5.73 Å². The molecule has 1 unspecified atom stereocenters. The van der Waals surface area contributed by atoms with E-state index < -0.39 is 0 Å². The van der Waals surface area contributed by atoms with E-state index in [0.717, 1.165) is 23.6 Å². The summed E-state index contributed by atoms with van der Waals surface area (Å²) in [5.41, 5.74) is 7.85. The quantitative estimate of drug-likeness (QED) is 0.823. The SMILES string of the molecule is Cc1ccc(C#CCN)c(C(=O)NCC(C)C2CC2)c1. The van der Waals surface area contributed by atoms with Gasteiger partial charge in [-0.1, -0.05) is 30.4 Å². The molecule has 0 saturated heterocycles. The highest BCUT2D eigenvalue weighted by Gasteiger charge is 2.28. The third-order valence-electron chi connectivity index (χ3n) is 3.76. The van der Waals surface area contributed by atoms with Gasteiger partial charge in [-0.3, -0.25) is 4.79 Å². The largest absolute Gasteiger partial charge is 0.352 e. The van der Waals surface area contributed by atoms with Crippen LogP contribution in [0.1, 0.15) is 41.3 Å². The Morgan fingerprint density at radius 2 is 2.25 bits per heavy atom. The molecule has 1 aromatic carbocycles. The van der Waals surface area contributed by atoms with Crippen LogP contribution >= 0.6 is 0 Å². The molecule has 1 fully saturated rings. The van der Waals surface area contributed by atoms with E-state index in [1.165, 1.54) is 12.8 Å². The number of amides is 1. The summed E-state index contributed by atoms with van der Waals surface area (Å²) in [6.07, 6.45) is 2.60. The Bertz CT molecular complexity index is 550. The molecular weight excluding hydrogens is 248 g/mol. The number of hydrogen-bond donors (Lipinski definition) is 2. The van der Waals surface area contributed by atoms with Gasteiger partial charge >= 0.3 is 0 Å². The molecule has 1 saturated carbocycles. The van der Waals surface area contributed by atoms with Crippen molar-refractivity contribution in [2.45, 2.75) is 26.7 Å². The highest BCUT2D eigenvalue weighted by molar-refractivity contribution is 5.96. The first-order valence-electron chi connectivity index (χ1n) is 7.19. The maximum Gasteiger partial charge on any atom is 0.252 e. The van der Waals surface area contributed by atoms with Gasteiger partial charge in [0.15, 0.2) is 0 Å². The van der Waals surface area contributed by atoms with Crippen LogP contribution in [0.5, 0.6) is 0 Å². The highest BCUT2D eigenvalue weighted by atomic mass is 16.1. The Kier molecular flexibility index (Phi) is 4.81. The molecule has 20 heavy (non-hydrogen) atoms. The summed E-state index contributed by atoms with van der Waals surface area (Å²) < 4.78 is 0. The lowest BCUT2D eigenvalue weighted by atomic mass is 10.0.